The summed E-state index contributed by atoms with van der Waals surface area (Å²) in [6.45, 7) is 5.67. The third-order valence-corrected chi connectivity index (χ3v) is 4.75. The monoisotopic (exact) mass is 394 g/mol. The number of halogens is 1. The SMILES string of the molecule is CCOc1ccccc1Nc1cnnc(N2CCN(c3ccc(F)cc3)CC2)n1. The van der Waals surface area contributed by atoms with Gasteiger partial charge in [-0.3, -0.25) is 0 Å². The Balaban J connectivity index is 1.42. The van der Waals surface area contributed by atoms with Gasteiger partial charge >= 0.3 is 0 Å². The zero-order valence-electron chi connectivity index (χ0n) is 16.3. The van der Waals surface area contributed by atoms with Gasteiger partial charge in [-0.15, -0.1) is 5.10 Å². The standard InChI is InChI=1S/C21H23FN6O/c1-2-29-19-6-4-3-5-18(19)24-20-15-23-26-21(25-20)28-13-11-27(12-14-28)17-9-7-16(22)8-10-17/h3-10,15H,2,11-14H2,1H3,(H,24,25,26). The van der Waals surface area contributed by atoms with Gasteiger partial charge in [0.15, 0.2) is 5.82 Å². The number of rotatable bonds is 6. The molecule has 1 N–H and O–H groups in total. The van der Waals surface area contributed by atoms with Crippen LogP contribution in [0.5, 0.6) is 5.75 Å². The Morgan fingerprint density at radius 3 is 2.48 bits per heavy atom. The van der Waals surface area contributed by atoms with Crippen LogP contribution in [0.3, 0.4) is 0 Å². The van der Waals surface area contributed by atoms with E-state index in [1.807, 2.05) is 43.3 Å². The molecule has 2 heterocycles. The molecule has 1 aliphatic heterocycles. The zero-order valence-corrected chi connectivity index (χ0v) is 16.3. The van der Waals surface area contributed by atoms with E-state index in [-0.39, 0.29) is 5.82 Å². The van der Waals surface area contributed by atoms with Crippen LogP contribution < -0.4 is 19.9 Å². The van der Waals surface area contributed by atoms with Gasteiger partial charge in [-0.05, 0) is 43.3 Å². The second-order valence-corrected chi connectivity index (χ2v) is 6.65. The normalized spacial score (nSPS) is 14.0. The molecule has 1 aliphatic rings. The van der Waals surface area contributed by atoms with Crippen molar-refractivity contribution in [1.29, 1.82) is 0 Å². The second kappa shape index (κ2) is 8.72. The van der Waals surface area contributed by atoms with Crippen molar-refractivity contribution in [2.45, 2.75) is 6.92 Å². The first-order valence-electron chi connectivity index (χ1n) is 9.67. The van der Waals surface area contributed by atoms with E-state index in [1.165, 1.54) is 12.1 Å². The maximum atomic E-state index is 13.1. The molecule has 0 aliphatic carbocycles. The summed E-state index contributed by atoms with van der Waals surface area (Å²) in [6.07, 6.45) is 1.60. The first-order chi connectivity index (χ1) is 14.2. The maximum absolute atomic E-state index is 13.1. The molecule has 0 saturated carbocycles. The highest BCUT2D eigenvalue weighted by molar-refractivity contribution is 5.64. The second-order valence-electron chi connectivity index (χ2n) is 6.65. The largest absolute Gasteiger partial charge is 0.492 e. The van der Waals surface area contributed by atoms with Crippen LogP contribution in [-0.2, 0) is 0 Å². The van der Waals surface area contributed by atoms with Gasteiger partial charge in [0.2, 0.25) is 5.95 Å². The Hall–Kier alpha value is -3.42. The predicted octanol–water partition coefficient (Wildman–Crippen LogP) is 3.48. The summed E-state index contributed by atoms with van der Waals surface area (Å²) in [6, 6.07) is 14.3. The Kier molecular flexibility index (Phi) is 5.69. The summed E-state index contributed by atoms with van der Waals surface area (Å²) in [5, 5.41) is 11.6. The number of hydrogen-bond donors (Lipinski definition) is 1. The van der Waals surface area contributed by atoms with Crippen molar-refractivity contribution >= 4 is 23.1 Å². The van der Waals surface area contributed by atoms with Crippen LogP contribution in [0.1, 0.15) is 6.92 Å². The lowest BCUT2D eigenvalue weighted by atomic mass is 10.2. The number of piperazine rings is 1. The lowest BCUT2D eigenvalue weighted by molar-refractivity contribution is 0.342. The fraction of sp³-hybridized carbons (Fsp3) is 0.286. The molecule has 7 nitrogen and oxygen atoms in total. The molecule has 0 atom stereocenters. The Labute approximate surface area is 169 Å². The fourth-order valence-corrected chi connectivity index (χ4v) is 3.29. The van der Waals surface area contributed by atoms with Crippen molar-refractivity contribution in [2.24, 2.45) is 0 Å². The summed E-state index contributed by atoms with van der Waals surface area (Å²) in [5.41, 5.74) is 1.86. The van der Waals surface area contributed by atoms with Crippen LogP contribution in [0.2, 0.25) is 0 Å². The predicted molar refractivity (Wildman–Crippen MR) is 112 cm³/mol. The first-order valence-corrected chi connectivity index (χ1v) is 9.67. The van der Waals surface area contributed by atoms with Crippen LogP contribution in [0.15, 0.2) is 54.7 Å². The van der Waals surface area contributed by atoms with E-state index >= 15 is 0 Å². The molecule has 0 radical (unpaired) electrons. The molecule has 8 heteroatoms. The average molecular weight is 394 g/mol. The third-order valence-electron chi connectivity index (χ3n) is 4.75. The van der Waals surface area contributed by atoms with Crippen molar-refractivity contribution in [2.75, 3.05) is 47.9 Å². The van der Waals surface area contributed by atoms with Gasteiger partial charge in [-0.2, -0.15) is 10.1 Å². The number of benzene rings is 2. The molecule has 3 aromatic rings. The molecule has 1 fully saturated rings. The van der Waals surface area contributed by atoms with Gasteiger partial charge in [0.1, 0.15) is 11.6 Å². The lowest BCUT2D eigenvalue weighted by Crippen LogP contribution is -2.47. The van der Waals surface area contributed by atoms with E-state index in [4.69, 9.17) is 4.74 Å². The molecule has 2 aromatic carbocycles. The van der Waals surface area contributed by atoms with Crippen LogP contribution >= 0.6 is 0 Å². The van der Waals surface area contributed by atoms with E-state index in [1.54, 1.807) is 6.20 Å². The van der Waals surface area contributed by atoms with Crippen molar-refractivity contribution in [3.8, 4) is 5.75 Å². The van der Waals surface area contributed by atoms with Crippen molar-refractivity contribution < 1.29 is 9.13 Å². The molecule has 4 rings (SSSR count). The Bertz CT molecular complexity index is 944. The first kappa shape index (κ1) is 18.9. The van der Waals surface area contributed by atoms with Crippen molar-refractivity contribution in [3.05, 3.63) is 60.5 Å². The van der Waals surface area contributed by atoms with Crippen LogP contribution in [-0.4, -0.2) is 48.0 Å². The van der Waals surface area contributed by atoms with Crippen molar-refractivity contribution in [3.63, 3.8) is 0 Å². The maximum Gasteiger partial charge on any atom is 0.247 e. The number of anilines is 4. The van der Waals surface area contributed by atoms with Gasteiger partial charge in [0.25, 0.3) is 0 Å². The van der Waals surface area contributed by atoms with Gasteiger partial charge in [0.05, 0.1) is 18.5 Å². The minimum Gasteiger partial charge on any atom is -0.492 e. The number of nitrogens with zero attached hydrogens (tertiary/aromatic N) is 5. The summed E-state index contributed by atoms with van der Waals surface area (Å²) in [4.78, 5) is 8.95. The van der Waals surface area contributed by atoms with E-state index in [0.29, 0.717) is 18.4 Å². The molecule has 0 unspecified atom stereocenters. The van der Waals surface area contributed by atoms with E-state index in [9.17, 15) is 4.39 Å². The Morgan fingerprint density at radius 2 is 1.72 bits per heavy atom. The fourth-order valence-electron chi connectivity index (χ4n) is 3.29. The van der Waals surface area contributed by atoms with E-state index < -0.39 is 0 Å². The zero-order chi connectivity index (χ0) is 20.1. The minimum absolute atomic E-state index is 0.220. The lowest BCUT2D eigenvalue weighted by Gasteiger charge is -2.35. The molecule has 150 valence electrons. The van der Waals surface area contributed by atoms with Crippen LogP contribution in [0.4, 0.5) is 27.5 Å². The van der Waals surface area contributed by atoms with Crippen molar-refractivity contribution in [1.82, 2.24) is 15.2 Å². The van der Waals surface area contributed by atoms with E-state index in [2.05, 4.69) is 30.3 Å². The molecule has 1 saturated heterocycles. The van der Waals surface area contributed by atoms with E-state index in [0.717, 1.165) is 43.3 Å². The molecule has 29 heavy (non-hydrogen) atoms. The number of nitrogens with one attached hydrogen (secondary N) is 1. The summed E-state index contributed by atoms with van der Waals surface area (Å²) in [5.74, 6) is 1.75. The van der Waals surface area contributed by atoms with Gasteiger partial charge in [-0.1, -0.05) is 12.1 Å². The number of hydrogen-bond acceptors (Lipinski definition) is 7. The topological polar surface area (TPSA) is 66.4 Å². The molecular weight excluding hydrogens is 371 g/mol. The third kappa shape index (κ3) is 4.53. The molecular formula is C21H23FN6O. The number of ether oxygens (including phenoxy) is 1. The quantitative estimate of drug-likeness (QED) is 0.687. The highest BCUT2D eigenvalue weighted by Crippen LogP contribution is 2.27. The number of aromatic nitrogens is 3. The average Bonchev–Trinajstić information content (AvgIpc) is 2.76. The smallest absolute Gasteiger partial charge is 0.247 e. The molecule has 0 bridgehead atoms. The van der Waals surface area contributed by atoms with Gasteiger partial charge in [0, 0.05) is 31.9 Å². The van der Waals surface area contributed by atoms with Gasteiger partial charge < -0.3 is 19.9 Å². The summed E-state index contributed by atoms with van der Waals surface area (Å²) >= 11 is 0. The van der Waals surface area contributed by atoms with Gasteiger partial charge in [-0.25, -0.2) is 4.39 Å². The molecule has 0 amide bonds. The molecule has 1 aromatic heterocycles. The van der Waals surface area contributed by atoms with Crippen LogP contribution in [0.25, 0.3) is 0 Å². The highest BCUT2D eigenvalue weighted by Gasteiger charge is 2.20. The van der Waals surface area contributed by atoms with Crippen LogP contribution in [0, 0.1) is 5.82 Å². The Morgan fingerprint density at radius 1 is 1.00 bits per heavy atom. The number of para-hydroxylation sites is 2. The highest BCUT2D eigenvalue weighted by atomic mass is 19.1. The minimum atomic E-state index is -0.220. The summed E-state index contributed by atoms with van der Waals surface area (Å²) < 4.78 is 18.8. The summed E-state index contributed by atoms with van der Waals surface area (Å²) in [7, 11) is 0. The molecule has 0 spiro atoms.